The van der Waals surface area contributed by atoms with Crippen LogP contribution in [0.4, 0.5) is 0 Å². The van der Waals surface area contributed by atoms with Crippen molar-refractivity contribution in [3.8, 4) is 5.75 Å². The van der Waals surface area contributed by atoms with E-state index in [-0.39, 0.29) is 17.8 Å². The maximum absolute atomic E-state index is 11.9. The summed E-state index contributed by atoms with van der Waals surface area (Å²) < 4.78 is 10.7. The Morgan fingerprint density at radius 3 is 2.80 bits per heavy atom. The first-order chi connectivity index (χ1) is 9.65. The van der Waals surface area contributed by atoms with Crippen LogP contribution in [0.2, 0.25) is 0 Å². The van der Waals surface area contributed by atoms with E-state index in [0.717, 1.165) is 5.56 Å². The van der Waals surface area contributed by atoms with Crippen LogP contribution in [0.3, 0.4) is 0 Å². The normalized spacial score (nSPS) is 20.4. The Kier molecular flexibility index (Phi) is 5.34. The lowest BCUT2D eigenvalue weighted by Gasteiger charge is -2.23. The lowest BCUT2D eigenvalue weighted by atomic mass is 10.1. The number of hydrogen-bond donors (Lipinski definition) is 3. The van der Waals surface area contributed by atoms with E-state index >= 15 is 0 Å². The van der Waals surface area contributed by atoms with E-state index in [1.54, 1.807) is 24.3 Å². The molecular weight excluding hydrogens is 260 g/mol. The monoisotopic (exact) mass is 280 g/mol. The number of benzene rings is 1. The number of nitrogens with two attached hydrogens (primary N) is 1. The maximum atomic E-state index is 11.9. The average molecular weight is 280 g/mol. The van der Waals surface area contributed by atoms with Crippen molar-refractivity contribution in [1.82, 2.24) is 5.32 Å². The zero-order chi connectivity index (χ0) is 14.4. The molecule has 1 fully saturated rings. The van der Waals surface area contributed by atoms with Crippen LogP contribution in [0.1, 0.15) is 5.56 Å². The molecule has 1 heterocycles. The summed E-state index contributed by atoms with van der Waals surface area (Å²) in [6.07, 6.45) is 0.322. The van der Waals surface area contributed by atoms with Crippen LogP contribution in [0.15, 0.2) is 24.3 Å². The fraction of sp³-hybridized carbons (Fsp3) is 0.500. The molecule has 0 spiro atoms. The van der Waals surface area contributed by atoms with Crippen molar-refractivity contribution in [3.05, 3.63) is 29.8 Å². The summed E-state index contributed by atoms with van der Waals surface area (Å²) in [6.45, 7) is 2.06. The highest BCUT2D eigenvalue weighted by molar-refractivity contribution is 5.81. The molecule has 4 N–H and O–H groups in total. The molecule has 0 bridgehead atoms. The van der Waals surface area contributed by atoms with Crippen molar-refractivity contribution in [2.24, 2.45) is 5.73 Å². The van der Waals surface area contributed by atoms with E-state index in [0.29, 0.717) is 32.8 Å². The minimum Gasteiger partial charge on any atom is -0.508 e. The van der Waals surface area contributed by atoms with Gasteiger partial charge < -0.3 is 25.6 Å². The van der Waals surface area contributed by atoms with Gasteiger partial charge in [0.1, 0.15) is 5.75 Å². The standard InChI is InChI=1S/C14H20N2O4/c15-13(7-10-1-3-11(17)4-2-10)14(18)16-8-12-9-19-5-6-20-12/h1-4,12-13,17H,5-9,15H2,(H,16,18). The predicted molar refractivity (Wildman–Crippen MR) is 73.4 cm³/mol. The molecule has 1 aromatic carbocycles. The predicted octanol–water partition coefficient (Wildman–Crippen LogP) is -0.206. The molecule has 1 amide bonds. The van der Waals surface area contributed by atoms with Crippen LogP contribution in [0.25, 0.3) is 0 Å². The van der Waals surface area contributed by atoms with Gasteiger partial charge in [-0.2, -0.15) is 0 Å². The number of aromatic hydroxyl groups is 1. The SMILES string of the molecule is NC(Cc1ccc(O)cc1)C(=O)NCC1COCCO1. The number of rotatable bonds is 5. The minimum absolute atomic E-state index is 0.103. The molecular formula is C14H20N2O4. The number of carbonyl (C=O) groups is 1. The van der Waals surface area contributed by atoms with E-state index in [1.165, 1.54) is 0 Å². The lowest BCUT2D eigenvalue weighted by molar-refractivity contribution is -0.125. The lowest BCUT2D eigenvalue weighted by Crippen LogP contribution is -2.46. The van der Waals surface area contributed by atoms with Crippen LogP contribution >= 0.6 is 0 Å². The number of phenolic OH excluding ortho intramolecular Hbond substituents is 1. The molecule has 1 aromatic rings. The molecule has 0 aliphatic carbocycles. The average Bonchev–Trinajstić information content (AvgIpc) is 2.48. The van der Waals surface area contributed by atoms with E-state index in [1.807, 2.05) is 0 Å². The molecule has 2 rings (SSSR count). The van der Waals surface area contributed by atoms with E-state index in [9.17, 15) is 9.90 Å². The van der Waals surface area contributed by atoms with Crippen LogP contribution in [0.5, 0.6) is 5.75 Å². The van der Waals surface area contributed by atoms with Crippen LogP contribution < -0.4 is 11.1 Å². The number of amides is 1. The van der Waals surface area contributed by atoms with Gasteiger partial charge in [-0.1, -0.05) is 12.1 Å². The van der Waals surface area contributed by atoms with Crippen molar-refractivity contribution in [2.45, 2.75) is 18.6 Å². The molecule has 2 atom stereocenters. The Hall–Kier alpha value is -1.63. The van der Waals surface area contributed by atoms with Gasteiger partial charge in [0.2, 0.25) is 5.91 Å². The third-order valence-corrected chi connectivity index (χ3v) is 3.12. The van der Waals surface area contributed by atoms with E-state index in [4.69, 9.17) is 15.2 Å². The van der Waals surface area contributed by atoms with Gasteiger partial charge in [-0.05, 0) is 24.1 Å². The molecule has 0 aromatic heterocycles. The fourth-order valence-corrected chi connectivity index (χ4v) is 1.98. The molecule has 2 unspecified atom stereocenters. The van der Waals surface area contributed by atoms with Gasteiger partial charge in [0.15, 0.2) is 0 Å². The van der Waals surface area contributed by atoms with Gasteiger partial charge >= 0.3 is 0 Å². The van der Waals surface area contributed by atoms with Gasteiger partial charge in [-0.25, -0.2) is 0 Å². The summed E-state index contributed by atoms with van der Waals surface area (Å²) in [5.41, 5.74) is 6.76. The number of nitrogens with one attached hydrogen (secondary N) is 1. The zero-order valence-electron chi connectivity index (χ0n) is 11.2. The van der Waals surface area contributed by atoms with Gasteiger partial charge in [-0.15, -0.1) is 0 Å². The summed E-state index contributed by atoms with van der Waals surface area (Å²) in [6, 6.07) is 6.03. The molecule has 0 saturated carbocycles. The van der Waals surface area contributed by atoms with Crippen molar-refractivity contribution in [1.29, 1.82) is 0 Å². The van der Waals surface area contributed by atoms with Crippen molar-refractivity contribution >= 4 is 5.91 Å². The van der Waals surface area contributed by atoms with Gasteiger partial charge in [0, 0.05) is 6.54 Å². The van der Waals surface area contributed by atoms with Crippen molar-refractivity contribution in [2.75, 3.05) is 26.4 Å². The second-order valence-electron chi connectivity index (χ2n) is 4.79. The van der Waals surface area contributed by atoms with Crippen molar-refractivity contribution in [3.63, 3.8) is 0 Å². The molecule has 0 radical (unpaired) electrons. The van der Waals surface area contributed by atoms with Crippen LogP contribution in [-0.2, 0) is 20.7 Å². The highest BCUT2D eigenvalue weighted by Gasteiger charge is 2.18. The first kappa shape index (κ1) is 14.8. The second kappa shape index (κ2) is 7.23. The maximum Gasteiger partial charge on any atom is 0.237 e. The molecule has 6 nitrogen and oxygen atoms in total. The summed E-state index contributed by atoms with van der Waals surface area (Å²) in [7, 11) is 0. The Morgan fingerprint density at radius 1 is 1.40 bits per heavy atom. The highest BCUT2D eigenvalue weighted by atomic mass is 16.6. The second-order valence-corrected chi connectivity index (χ2v) is 4.79. The van der Waals surface area contributed by atoms with Crippen molar-refractivity contribution < 1.29 is 19.4 Å². The largest absolute Gasteiger partial charge is 0.508 e. The van der Waals surface area contributed by atoms with Gasteiger partial charge in [-0.3, -0.25) is 4.79 Å². The molecule has 20 heavy (non-hydrogen) atoms. The van der Waals surface area contributed by atoms with Gasteiger partial charge in [0.05, 0.1) is 32.0 Å². The Labute approximate surface area is 117 Å². The summed E-state index contributed by atoms with van der Waals surface area (Å²) in [5.74, 6) is -0.0199. The van der Waals surface area contributed by atoms with E-state index in [2.05, 4.69) is 5.32 Å². The first-order valence-corrected chi connectivity index (χ1v) is 6.65. The molecule has 1 saturated heterocycles. The number of ether oxygens (including phenoxy) is 2. The van der Waals surface area contributed by atoms with Crippen LogP contribution in [0, 0.1) is 0 Å². The Morgan fingerprint density at radius 2 is 2.15 bits per heavy atom. The topological polar surface area (TPSA) is 93.8 Å². The van der Waals surface area contributed by atoms with Gasteiger partial charge in [0.25, 0.3) is 0 Å². The summed E-state index contributed by atoms with van der Waals surface area (Å²) in [5, 5.41) is 12.0. The molecule has 6 heteroatoms. The highest BCUT2D eigenvalue weighted by Crippen LogP contribution is 2.10. The minimum atomic E-state index is -0.621. The Bertz CT molecular complexity index is 429. The smallest absolute Gasteiger partial charge is 0.237 e. The third-order valence-electron chi connectivity index (χ3n) is 3.12. The van der Waals surface area contributed by atoms with Crippen LogP contribution in [-0.4, -0.2) is 49.5 Å². The zero-order valence-corrected chi connectivity index (χ0v) is 11.2. The molecule has 1 aliphatic heterocycles. The first-order valence-electron chi connectivity index (χ1n) is 6.65. The quantitative estimate of drug-likeness (QED) is 0.694. The molecule has 1 aliphatic rings. The molecule has 110 valence electrons. The number of phenols is 1. The summed E-state index contributed by atoms with van der Waals surface area (Å²) >= 11 is 0. The Balaban J connectivity index is 1.75. The third kappa shape index (κ3) is 4.48. The number of carbonyl (C=O) groups excluding carboxylic acids is 1. The van der Waals surface area contributed by atoms with E-state index < -0.39 is 6.04 Å². The number of hydrogen-bond acceptors (Lipinski definition) is 5. The summed E-state index contributed by atoms with van der Waals surface area (Å²) in [4.78, 5) is 11.9. The fourth-order valence-electron chi connectivity index (χ4n) is 1.98.